The summed E-state index contributed by atoms with van der Waals surface area (Å²) in [4.78, 5) is 14.2. The van der Waals surface area contributed by atoms with Gasteiger partial charge in [0.1, 0.15) is 5.60 Å². The monoisotopic (exact) mass is 410 g/mol. The van der Waals surface area contributed by atoms with Gasteiger partial charge >= 0.3 is 6.09 Å². The molecule has 140 valence electrons. The van der Waals surface area contributed by atoms with E-state index in [-0.39, 0.29) is 17.6 Å². The number of rotatable bonds is 3. The molecule has 5 heteroatoms. The molecular weight excluding hydrogens is 380 g/mol. The summed E-state index contributed by atoms with van der Waals surface area (Å²) in [6.07, 6.45) is 0.715. The van der Waals surface area contributed by atoms with Crippen molar-refractivity contribution in [2.24, 2.45) is 5.41 Å². The first-order valence-corrected chi connectivity index (χ1v) is 9.77. The minimum atomic E-state index is -0.452. The Bertz CT molecular complexity index is 593. The van der Waals surface area contributed by atoms with Crippen LogP contribution in [-0.4, -0.2) is 35.7 Å². The van der Waals surface area contributed by atoms with Crippen LogP contribution in [0.5, 0.6) is 0 Å². The average molecular weight is 411 g/mol. The van der Waals surface area contributed by atoms with Crippen molar-refractivity contribution in [3.05, 3.63) is 34.3 Å². The molecule has 1 heterocycles. The Kier molecular flexibility index (Phi) is 6.21. The molecule has 4 nitrogen and oxygen atoms in total. The predicted octanol–water partition coefficient (Wildman–Crippen LogP) is 5.14. The van der Waals surface area contributed by atoms with Crippen molar-refractivity contribution in [1.82, 2.24) is 10.2 Å². The molecule has 1 fully saturated rings. The van der Waals surface area contributed by atoms with E-state index in [1.165, 1.54) is 5.56 Å². The number of halogens is 1. The van der Waals surface area contributed by atoms with Crippen molar-refractivity contribution in [2.45, 2.75) is 65.6 Å². The Morgan fingerprint density at radius 1 is 1.32 bits per heavy atom. The van der Waals surface area contributed by atoms with Crippen LogP contribution in [0.3, 0.4) is 0 Å². The van der Waals surface area contributed by atoms with Crippen molar-refractivity contribution in [3.63, 3.8) is 0 Å². The highest BCUT2D eigenvalue weighted by atomic mass is 79.9. The maximum atomic E-state index is 12.4. The lowest BCUT2D eigenvalue weighted by molar-refractivity contribution is 0.00132. The molecule has 1 aromatic carbocycles. The first-order valence-electron chi connectivity index (χ1n) is 8.97. The van der Waals surface area contributed by atoms with Gasteiger partial charge in [0.15, 0.2) is 0 Å². The summed E-state index contributed by atoms with van der Waals surface area (Å²) in [6, 6.07) is 9.05. The summed E-state index contributed by atoms with van der Waals surface area (Å²) >= 11 is 3.48. The van der Waals surface area contributed by atoms with Gasteiger partial charge < -0.3 is 15.0 Å². The highest BCUT2D eigenvalue weighted by Gasteiger charge is 2.39. The molecule has 2 unspecified atom stereocenters. The van der Waals surface area contributed by atoms with Crippen molar-refractivity contribution >= 4 is 22.0 Å². The smallest absolute Gasteiger partial charge is 0.410 e. The Labute approximate surface area is 160 Å². The van der Waals surface area contributed by atoms with E-state index < -0.39 is 5.60 Å². The van der Waals surface area contributed by atoms with E-state index >= 15 is 0 Å². The van der Waals surface area contributed by atoms with Crippen LogP contribution in [0.1, 0.15) is 59.6 Å². The van der Waals surface area contributed by atoms with Crippen LogP contribution in [0.2, 0.25) is 0 Å². The minimum Gasteiger partial charge on any atom is -0.444 e. The van der Waals surface area contributed by atoms with Gasteiger partial charge in [-0.05, 0) is 57.2 Å². The lowest BCUT2D eigenvalue weighted by atomic mass is 9.78. The number of hydrogen-bond acceptors (Lipinski definition) is 3. The van der Waals surface area contributed by atoms with E-state index in [1.54, 1.807) is 0 Å². The van der Waals surface area contributed by atoms with E-state index in [1.807, 2.05) is 25.7 Å². The standard InChI is InChI=1S/C20H31BrN2O2/c1-14(15-7-9-16(21)10-8-15)22-17-11-12-23(13-20(17,5)6)18(24)25-19(2,3)4/h7-10,14,17,22H,11-13H2,1-6H3. The van der Waals surface area contributed by atoms with Crippen LogP contribution in [0.4, 0.5) is 4.79 Å². The molecule has 2 rings (SSSR count). The fourth-order valence-electron chi connectivity index (χ4n) is 3.30. The zero-order valence-electron chi connectivity index (χ0n) is 16.2. The summed E-state index contributed by atoms with van der Waals surface area (Å²) in [5, 5.41) is 3.76. The number of nitrogens with zero attached hydrogens (tertiary/aromatic N) is 1. The van der Waals surface area contributed by atoms with Gasteiger partial charge in [-0.3, -0.25) is 0 Å². The third-order valence-electron chi connectivity index (χ3n) is 4.70. The topological polar surface area (TPSA) is 41.6 Å². The molecule has 25 heavy (non-hydrogen) atoms. The molecule has 0 aromatic heterocycles. The van der Waals surface area contributed by atoms with Gasteiger partial charge in [0.05, 0.1) is 0 Å². The molecule has 0 spiro atoms. The normalized spacial score (nSPS) is 21.7. The summed E-state index contributed by atoms with van der Waals surface area (Å²) in [5.74, 6) is 0. The fourth-order valence-corrected chi connectivity index (χ4v) is 3.56. The molecule has 1 aromatic rings. The molecule has 0 aliphatic carbocycles. The number of amides is 1. The molecule has 0 radical (unpaired) electrons. The van der Waals surface area contributed by atoms with E-state index in [0.29, 0.717) is 12.6 Å². The molecular formula is C20H31BrN2O2. The number of piperidine rings is 1. The molecule has 0 bridgehead atoms. The lowest BCUT2D eigenvalue weighted by Crippen LogP contribution is -2.56. The van der Waals surface area contributed by atoms with Crippen LogP contribution < -0.4 is 5.32 Å². The number of nitrogens with one attached hydrogen (secondary N) is 1. The third-order valence-corrected chi connectivity index (χ3v) is 5.23. The van der Waals surface area contributed by atoms with Gasteiger partial charge in [0, 0.05) is 29.6 Å². The predicted molar refractivity (Wildman–Crippen MR) is 106 cm³/mol. The van der Waals surface area contributed by atoms with Crippen molar-refractivity contribution in [2.75, 3.05) is 13.1 Å². The van der Waals surface area contributed by atoms with Crippen molar-refractivity contribution in [3.8, 4) is 0 Å². The minimum absolute atomic E-state index is 0.0151. The van der Waals surface area contributed by atoms with E-state index in [4.69, 9.17) is 4.74 Å². The van der Waals surface area contributed by atoms with E-state index in [0.717, 1.165) is 17.4 Å². The maximum Gasteiger partial charge on any atom is 0.410 e. The number of carbonyl (C=O) groups is 1. The molecule has 1 N–H and O–H groups in total. The fraction of sp³-hybridized carbons (Fsp3) is 0.650. The molecule has 1 aliphatic heterocycles. The Hall–Kier alpha value is -1.07. The van der Waals surface area contributed by atoms with Crippen LogP contribution >= 0.6 is 15.9 Å². The maximum absolute atomic E-state index is 12.4. The Balaban J connectivity index is 1.98. The summed E-state index contributed by atoms with van der Waals surface area (Å²) in [6.45, 7) is 13.8. The summed E-state index contributed by atoms with van der Waals surface area (Å²) in [5.41, 5.74) is 0.805. The van der Waals surface area contributed by atoms with Crippen molar-refractivity contribution in [1.29, 1.82) is 0 Å². The zero-order chi connectivity index (χ0) is 18.8. The second kappa shape index (κ2) is 7.67. The second-order valence-corrected chi connectivity index (χ2v) is 9.59. The number of ether oxygens (including phenoxy) is 1. The summed E-state index contributed by atoms with van der Waals surface area (Å²) < 4.78 is 6.62. The average Bonchev–Trinajstić information content (AvgIpc) is 2.47. The quantitative estimate of drug-likeness (QED) is 0.749. The number of hydrogen-bond donors (Lipinski definition) is 1. The first kappa shape index (κ1) is 20.2. The van der Waals surface area contributed by atoms with Gasteiger partial charge in [-0.25, -0.2) is 4.79 Å². The number of benzene rings is 1. The highest BCUT2D eigenvalue weighted by Crippen LogP contribution is 2.32. The first-order chi connectivity index (χ1) is 11.5. The largest absolute Gasteiger partial charge is 0.444 e. The van der Waals surface area contributed by atoms with E-state index in [2.05, 4.69) is 66.3 Å². The Morgan fingerprint density at radius 2 is 1.92 bits per heavy atom. The second-order valence-electron chi connectivity index (χ2n) is 8.67. The third kappa shape index (κ3) is 5.71. The molecule has 1 saturated heterocycles. The van der Waals surface area contributed by atoms with Crippen LogP contribution in [0.15, 0.2) is 28.7 Å². The molecule has 0 saturated carbocycles. The number of likely N-dealkylation sites (tertiary alicyclic amines) is 1. The van der Waals surface area contributed by atoms with Gasteiger partial charge in [-0.2, -0.15) is 0 Å². The molecule has 1 aliphatic rings. The van der Waals surface area contributed by atoms with Gasteiger partial charge in [0.25, 0.3) is 0 Å². The molecule has 2 atom stereocenters. The molecule has 1 amide bonds. The number of carbonyl (C=O) groups excluding carboxylic acids is 1. The SMILES string of the molecule is CC(NC1CCN(C(=O)OC(C)(C)C)CC1(C)C)c1ccc(Br)cc1. The van der Waals surface area contributed by atoms with Crippen molar-refractivity contribution < 1.29 is 9.53 Å². The van der Waals surface area contributed by atoms with Gasteiger partial charge in [-0.15, -0.1) is 0 Å². The van der Waals surface area contributed by atoms with Crippen LogP contribution in [-0.2, 0) is 4.74 Å². The van der Waals surface area contributed by atoms with Crippen LogP contribution in [0.25, 0.3) is 0 Å². The highest BCUT2D eigenvalue weighted by molar-refractivity contribution is 9.10. The van der Waals surface area contributed by atoms with E-state index in [9.17, 15) is 4.79 Å². The zero-order valence-corrected chi connectivity index (χ0v) is 17.8. The Morgan fingerprint density at radius 3 is 2.44 bits per heavy atom. The van der Waals surface area contributed by atoms with Crippen LogP contribution in [0, 0.1) is 5.41 Å². The summed E-state index contributed by atoms with van der Waals surface area (Å²) in [7, 11) is 0. The lowest BCUT2D eigenvalue weighted by Gasteiger charge is -2.45. The van der Waals surface area contributed by atoms with Gasteiger partial charge in [0.2, 0.25) is 0 Å². The van der Waals surface area contributed by atoms with Gasteiger partial charge in [-0.1, -0.05) is 41.9 Å².